The molecule has 0 aliphatic rings. The highest BCUT2D eigenvalue weighted by molar-refractivity contribution is 6.26. The van der Waals surface area contributed by atoms with Crippen LogP contribution in [-0.4, -0.2) is 0 Å². The van der Waals surface area contributed by atoms with E-state index in [0.29, 0.717) is 0 Å². The fraction of sp³-hybridized carbons (Fsp3) is 0.105. The predicted molar refractivity (Wildman–Crippen MR) is 166 cm³/mol. The molecule has 0 amide bonds. The Morgan fingerprint density at radius 1 is 0.316 bits per heavy atom. The molecule has 182 valence electrons. The number of aryl methyl sites for hydroxylation is 2. The molecule has 0 bridgehead atoms. The van der Waals surface area contributed by atoms with Crippen molar-refractivity contribution in [2.24, 2.45) is 0 Å². The Bertz CT molecular complexity index is 1900. The summed E-state index contributed by atoms with van der Waals surface area (Å²) in [6.45, 7) is 9.22. The van der Waals surface area contributed by atoms with Crippen LogP contribution < -0.4 is 0 Å². The maximum Gasteiger partial charge on any atom is -0.00173 e. The lowest BCUT2D eigenvalue weighted by atomic mass is 9.79. The van der Waals surface area contributed by atoms with Gasteiger partial charge >= 0.3 is 0 Å². The van der Waals surface area contributed by atoms with Crippen molar-refractivity contribution in [1.29, 1.82) is 0 Å². The number of rotatable bonds is 2. The summed E-state index contributed by atoms with van der Waals surface area (Å²) in [5.41, 5.74) is 10.8. The summed E-state index contributed by atoms with van der Waals surface area (Å²) in [4.78, 5) is 0. The van der Waals surface area contributed by atoms with Crippen LogP contribution in [0, 0.1) is 27.7 Å². The van der Waals surface area contributed by atoms with Crippen molar-refractivity contribution in [2.45, 2.75) is 27.7 Å². The van der Waals surface area contributed by atoms with Crippen molar-refractivity contribution in [3.63, 3.8) is 0 Å². The van der Waals surface area contributed by atoms with E-state index in [1.54, 1.807) is 0 Å². The SMILES string of the molecule is Cc1c(C)c(C)c2c(-c3cccc4ccccc34)c3ccccc3c(-c3cccc4ccccc34)c2c1C. The van der Waals surface area contributed by atoms with Crippen molar-refractivity contribution < 1.29 is 0 Å². The molecule has 0 spiro atoms. The quantitative estimate of drug-likeness (QED) is 0.213. The van der Waals surface area contributed by atoms with Crippen molar-refractivity contribution in [2.75, 3.05) is 0 Å². The van der Waals surface area contributed by atoms with Crippen molar-refractivity contribution in [1.82, 2.24) is 0 Å². The van der Waals surface area contributed by atoms with Gasteiger partial charge in [-0.15, -0.1) is 0 Å². The standard InChI is InChI=1S/C38H30/c1-23-24(2)26(4)36-35(25(23)3)37(31-21-11-15-27-13-5-7-17-29(27)31)33-19-9-10-20-34(33)38(36)32-22-12-16-28-14-6-8-18-30(28)32/h5-22H,1-4H3. The molecule has 38 heavy (non-hydrogen) atoms. The summed E-state index contributed by atoms with van der Waals surface area (Å²) in [5, 5.41) is 10.5. The number of benzene rings is 7. The molecule has 0 atom stereocenters. The Morgan fingerprint density at radius 2 is 0.658 bits per heavy atom. The first-order valence-electron chi connectivity index (χ1n) is 13.5. The molecule has 0 aromatic heterocycles. The highest BCUT2D eigenvalue weighted by atomic mass is 14.3. The molecule has 0 heteroatoms. The monoisotopic (exact) mass is 486 g/mol. The lowest BCUT2D eigenvalue weighted by Gasteiger charge is -2.24. The lowest BCUT2D eigenvalue weighted by Crippen LogP contribution is -2.00. The molecule has 7 rings (SSSR count). The normalized spacial score (nSPS) is 11.7. The third-order valence-electron chi connectivity index (χ3n) is 8.77. The number of hydrogen-bond donors (Lipinski definition) is 0. The van der Waals surface area contributed by atoms with Crippen LogP contribution in [0.3, 0.4) is 0 Å². The zero-order chi connectivity index (χ0) is 26.0. The summed E-state index contributed by atoms with van der Waals surface area (Å²) in [5.74, 6) is 0. The van der Waals surface area contributed by atoms with Crippen molar-refractivity contribution in [3.05, 3.63) is 131 Å². The Balaban J connectivity index is 1.80. The van der Waals surface area contributed by atoms with Gasteiger partial charge in [0, 0.05) is 0 Å². The summed E-state index contributed by atoms with van der Waals surface area (Å²) in [6, 6.07) is 40.1. The van der Waals surface area contributed by atoms with Crippen molar-refractivity contribution in [3.8, 4) is 22.3 Å². The van der Waals surface area contributed by atoms with Gasteiger partial charge in [-0.3, -0.25) is 0 Å². The predicted octanol–water partition coefficient (Wildman–Crippen LogP) is 10.9. The molecule has 0 fully saturated rings. The van der Waals surface area contributed by atoms with Crippen LogP contribution in [0.4, 0.5) is 0 Å². The molecule has 0 aliphatic carbocycles. The van der Waals surface area contributed by atoms with E-state index in [1.807, 2.05) is 0 Å². The third kappa shape index (κ3) is 3.17. The zero-order valence-corrected chi connectivity index (χ0v) is 22.4. The van der Waals surface area contributed by atoms with E-state index in [2.05, 4.69) is 137 Å². The van der Waals surface area contributed by atoms with Gasteiger partial charge in [0.15, 0.2) is 0 Å². The van der Waals surface area contributed by atoms with Gasteiger partial charge in [-0.1, -0.05) is 109 Å². The molecule has 0 nitrogen and oxygen atoms in total. The van der Waals surface area contributed by atoms with E-state index in [4.69, 9.17) is 0 Å². The zero-order valence-electron chi connectivity index (χ0n) is 22.4. The summed E-state index contributed by atoms with van der Waals surface area (Å²) < 4.78 is 0. The molecular weight excluding hydrogens is 456 g/mol. The molecule has 0 heterocycles. The summed E-state index contributed by atoms with van der Waals surface area (Å²) in [6.07, 6.45) is 0. The Morgan fingerprint density at radius 3 is 1.08 bits per heavy atom. The average molecular weight is 487 g/mol. The molecule has 0 saturated heterocycles. The van der Waals surface area contributed by atoms with Crippen LogP contribution in [0.5, 0.6) is 0 Å². The molecule has 0 unspecified atom stereocenters. The Kier molecular flexibility index (Phi) is 5.13. The third-order valence-corrected chi connectivity index (χ3v) is 8.77. The van der Waals surface area contributed by atoms with Crippen LogP contribution in [0.2, 0.25) is 0 Å². The fourth-order valence-electron chi connectivity index (χ4n) is 6.57. The van der Waals surface area contributed by atoms with Gasteiger partial charge in [-0.25, -0.2) is 0 Å². The van der Waals surface area contributed by atoms with Gasteiger partial charge in [0.2, 0.25) is 0 Å². The maximum atomic E-state index is 2.32. The molecule has 7 aromatic carbocycles. The van der Waals surface area contributed by atoms with Gasteiger partial charge < -0.3 is 0 Å². The molecular formula is C38H30. The molecule has 0 radical (unpaired) electrons. The second-order valence-corrected chi connectivity index (χ2v) is 10.6. The highest BCUT2D eigenvalue weighted by Gasteiger charge is 2.23. The Labute approximate surface area is 224 Å². The van der Waals surface area contributed by atoms with Crippen LogP contribution in [0.15, 0.2) is 109 Å². The topological polar surface area (TPSA) is 0 Å². The summed E-state index contributed by atoms with van der Waals surface area (Å²) >= 11 is 0. The largest absolute Gasteiger partial charge is 0.0616 e. The second kappa shape index (κ2) is 8.57. The van der Waals surface area contributed by atoms with Gasteiger partial charge in [-0.2, -0.15) is 0 Å². The van der Waals surface area contributed by atoms with E-state index >= 15 is 0 Å². The minimum absolute atomic E-state index is 1.28. The van der Waals surface area contributed by atoms with Crippen LogP contribution in [0.1, 0.15) is 22.3 Å². The lowest BCUT2D eigenvalue weighted by molar-refractivity contribution is 1.25. The van der Waals surface area contributed by atoms with E-state index in [1.165, 1.54) is 87.6 Å². The van der Waals surface area contributed by atoms with Gasteiger partial charge in [0.1, 0.15) is 0 Å². The van der Waals surface area contributed by atoms with Gasteiger partial charge in [0.25, 0.3) is 0 Å². The smallest absolute Gasteiger partial charge is 0.00173 e. The number of fused-ring (bicyclic) bond motifs is 4. The summed E-state index contributed by atoms with van der Waals surface area (Å²) in [7, 11) is 0. The van der Waals surface area contributed by atoms with Crippen LogP contribution in [-0.2, 0) is 0 Å². The van der Waals surface area contributed by atoms with Gasteiger partial charge in [0.05, 0.1) is 0 Å². The van der Waals surface area contributed by atoms with E-state index in [0.717, 1.165) is 0 Å². The van der Waals surface area contributed by atoms with Crippen LogP contribution in [0.25, 0.3) is 65.3 Å². The first kappa shape index (κ1) is 22.8. The molecule has 7 aromatic rings. The fourth-order valence-corrected chi connectivity index (χ4v) is 6.57. The maximum absolute atomic E-state index is 2.32. The molecule has 0 saturated carbocycles. The van der Waals surface area contributed by atoms with E-state index in [9.17, 15) is 0 Å². The minimum atomic E-state index is 1.28. The first-order valence-corrected chi connectivity index (χ1v) is 13.5. The average Bonchev–Trinajstić information content (AvgIpc) is 2.97. The van der Waals surface area contributed by atoms with E-state index < -0.39 is 0 Å². The molecule has 0 aliphatic heterocycles. The Hall–Kier alpha value is -4.42. The first-order chi connectivity index (χ1) is 18.6. The van der Waals surface area contributed by atoms with Gasteiger partial charge in [-0.05, 0) is 115 Å². The van der Waals surface area contributed by atoms with Crippen LogP contribution >= 0.6 is 0 Å². The van der Waals surface area contributed by atoms with E-state index in [-0.39, 0.29) is 0 Å². The second-order valence-electron chi connectivity index (χ2n) is 10.6. The molecule has 0 N–H and O–H groups in total. The highest BCUT2D eigenvalue weighted by Crippen LogP contribution is 2.49. The van der Waals surface area contributed by atoms with Crippen molar-refractivity contribution >= 4 is 43.1 Å². The number of hydrogen-bond acceptors (Lipinski definition) is 0. The minimum Gasteiger partial charge on any atom is -0.0616 e.